The summed E-state index contributed by atoms with van der Waals surface area (Å²) in [5.41, 5.74) is 7.23. The largest absolute Gasteiger partial charge is 0.384 e. The minimum absolute atomic E-state index is 0.0351. The zero-order chi connectivity index (χ0) is 15.6. The lowest BCUT2D eigenvalue weighted by atomic mass is 9.93. The summed E-state index contributed by atoms with van der Waals surface area (Å²) < 4.78 is 23.6. The van der Waals surface area contributed by atoms with Crippen LogP contribution in [-0.4, -0.2) is 38.8 Å². The molecule has 2 rings (SSSR count). The Bertz CT molecular complexity index is 628. The standard InChI is InChI=1S/C15H23N3O2S/c1-18(14-9-4-3-8-13(14)15(16)17)11-6-5-7-12(10-11)21(2,19)20/h3-4,8-9,11-12H,5-7,10H2,1-2H3,(H3,16,17). The van der Waals surface area contributed by atoms with Crippen LogP contribution in [-0.2, 0) is 9.84 Å². The van der Waals surface area contributed by atoms with Gasteiger partial charge in [0, 0.05) is 30.6 Å². The summed E-state index contributed by atoms with van der Waals surface area (Å²) in [6.07, 6.45) is 4.59. The highest BCUT2D eigenvalue weighted by Gasteiger charge is 2.31. The Morgan fingerprint density at radius 1 is 1.33 bits per heavy atom. The third kappa shape index (κ3) is 3.56. The van der Waals surface area contributed by atoms with E-state index < -0.39 is 9.84 Å². The van der Waals surface area contributed by atoms with Crippen molar-refractivity contribution in [3.05, 3.63) is 29.8 Å². The number of nitrogens with zero attached hydrogens (tertiary/aromatic N) is 1. The third-order valence-electron chi connectivity index (χ3n) is 4.33. The molecule has 0 aromatic heterocycles. The van der Waals surface area contributed by atoms with Crippen LogP contribution < -0.4 is 10.6 Å². The van der Waals surface area contributed by atoms with E-state index in [4.69, 9.17) is 11.1 Å². The maximum atomic E-state index is 11.8. The number of anilines is 1. The first-order chi connectivity index (χ1) is 9.80. The molecule has 0 spiro atoms. The van der Waals surface area contributed by atoms with Crippen LogP contribution >= 0.6 is 0 Å². The van der Waals surface area contributed by atoms with Crippen molar-refractivity contribution in [3.63, 3.8) is 0 Å². The van der Waals surface area contributed by atoms with Crippen LogP contribution in [0.5, 0.6) is 0 Å². The van der Waals surface area contributed by atoms with Gasteiger partial charge in [0.15, 0.2) is 0 Å². The molecular formula is C15H23N3O2S. The van der Waals surface area contributed by atoms with Gasteiger partial charge in [-0.3, -0.25) is 5.41 Å². The quantitative estimate of drug-likeness (QED) is 0.655. The summed E-state index contributed by atoms with van der Waals surface area (Å²) in [7, 11) is -1.04. The van der Waals surface area contributed by atoms with Gasteiger partial charge in [0.2, 0.25) is 0 Å². The Hall–Kier alpha value is -1.56. The first-order valence-electron chi connectivity index (χ1n) is 7.16. The number of nitrogen functional groups attached to an aromatic ring is 1. The number of hydrogen-bond donors (Lipinski definition) is 2. The van der Waals surface area contributed by atoms with E-state index in [1.54, 1.807) is 0 Å². The summed E-state index contributed by atoms with van der Waals surface area (Å²) in [4.78, 5) is 2.08. The second kappa shape index (κ2) is 6.05. The Labute approximate surface area is 126 Å². The second-order valence-corrected chi connectivity index (χ2v) is 8.14. The Kier molecular flexibility index (Phi) is 4.56. The number of nitrogens with one attached hydrogen (secondary N) is 1. The van der Waals surface area contributed by atoms with Gasteiger partial charge < -0.3 is 10.6 Å². The molecular weight excluding hydrogens is 286 g/mol. The highest BCUT2D eigenvalue weighted by Crippen LogP contribution is 2.30. The first kappa shape index (κ1) is 15.8. The average molecular weight is 309 g/mol. The maximum Gasteiger partial charge on any atom is 0.150 e. The van der Waals surface area contributed by atoms with Crippen molar-refractivity contribution >= 4 is 21.4 Å². The molecule has 2 unspecified atom stereocenters. The monoisotopic (exact) mass is 309 g/mol. The molecule has 0 saturated heterocycles. The molecule has 0 aliphatic heterocycles. The number of rotatable bonds is 4. The first-order valence-corrected chi connectivity index (χ1v) is 9.11. The van der Waals surface area contributed by atoms with Gasteiger partial charge >= 0.3 is 0 Å². The van der Waals surface area contributed by atoms with Crippen LogP contribution in [0.2, 0.25) is 0 Å². The van der Waals surface area contributed by atoms with Gasteiger partial charge in [-0.05, 0) is 31.4 Å². The predicted octanol–water partition coefficient (Wildman–Crippen LogP) is 1.76. The van der Waals surface area contributed by atoms with Gasteiger partial charge in [-0.1, -0.05) is 18.6 Å². The fraction of sp³-hybridized carbons (Fsp3) is 0.533. The van der Waals surface area contributed by atoms with Gasteiger partial charge in [-0.2, -0.15) is 0 Å². The second-order valence-electron chi connectivity index (χ2n) is 5.81. The van der Waals surface area contributed by atoms with E-state index in [1.807, 2.05) is 31.3 Å². The number of benzene rings is 1. The number of para-hydroxylation sites is 1. The molecule has 116 valence electrons. The van der Waals surface area contributed by atoms with Crippen molar-refractivity contribution in [2.75, 3.05) is 18.2 Å². The molecule has 1 aromatic rings. The van der Waals surface area contributed by atoms with Gasteiger partial charge in [0.25, 0.3) is 0 Å². The molecule has 0 bridgehead atoms. The lowest BCUT2D eigenvalue weighted by molar-refractivity contribution is 0.422. The van der Waals surface area contributed by atoms with E-state index in [9.17, 15) is 8.42 Å². The smallest absolute Gasteiger partial charge is 0.150 e. The number of hydrogen-bond acceptors (Lipinski definition) is 4. The zero-order valence-corrected chi connectivity index (χ0v) is 13.4. The van der Waals surface area contributed by atoms with Crippen molar-refractivity contribution in [1.29, 1.82) is 5.41 Å². The Morgan fingerprint density at radius 2 is 2.00 bits per heavy atom. The molecule has 6 heteroatoms. The molecule has 1 aliphatic rings. The van der Waals surface area contributed by atoms with Crippen molar-refractivity contribution in [1.82, 2.24) is 0 Å². The van der Waals surface area contributed by atoms with Crippen molar-refractivity contribution in [3.8, 4) is 0 Å². The van der Waals surface area contributed by atoms with E-state index in [0.717, 1.165) is 24.9 Å². The molecule has 21 heavy (non-hydrogen) atoms. The molecule has 1 fully saturated rings. The maximum absolute atomic E-state index is 11.8. The molecule has 1 aliphatic carbocycles. The fourth-order valence-electron chi connectivity index (χ4n) is 3.07. The van der Waals surface area contributed by atoms with E-state index in [-0.39, 0.29) is 17.1 Å². The van der Waals surface area contributed by atoms with Gasteiger partial charge in [0.1, 0.15) is 15.7 Å². The Morgan fingerprint density at radius 3 is 2.62 bits per heavy atom. The molecule has 5 nitrogen and oxygen atoms in total. The third-order valence-corrected chi connectivity index (χ3v) is 5.96. The highest BCUT2D eigenvalue weighted by atomic mass is 32.2. The highest BCUT2D eigenvalue weighted by molar-refractivity contribution is 7.91. The molecule has 2 atom stereocenters. The van der Waals surface area contributed by atoms with Gasteiger partial charge in [-0.25, -0.2) is 8.42 Å². The molecule has 0 heterocycles. The molecule has 0 radical (unpaired) electrons. The lowest BCUT2D eigenvalue weighted by Crippen LogP contribution is -2.40. The van der Waals surface area contributed by atoms with Crippen molar-refractivity contribution in [2.24, 2.45) is 5.73 Å². The van der Waals surface area contributed by atoms with E-state index in [2.05, 4.69) is 4.90 Å². The zero-order valence-electron chi connectivity index (χ0n) is 12.5. The molecule has 0 amide bonds. The number of nitrogens with two attached hydrogens (primary N) is 1. The summed E-state index contributed by atoms with van der Waals surface area (Å²) in [5, 5.41) is 7.42. The summed E-state index contributed by atoms with van der Waals surface area (Å²) in [6.45, 7) is 0. The lowest BCUT2D eigenvalue weighted by Gasteiger charge is -2.36. The van der Waals surface area contributed by atoms with Crippen molar-refractivity contribution in [2.45, 2.75) is 37.0 Å². The topological polar surface area (TPSA) is 87.2 Å². The van der Waals surface area contributed by atoms with Gasteiger partial charge in [-0.15, -0.1) is 0 Å². The van der Waals surface area contributed by atoms with E-state index in [1.165, 1.54) is 6.26 Å². The molecule has 1 aromatic carbocycles. The summed E-state index contributed by atoms with van der Waals surface area (Å²) in [5.74, 6) is 0.0351. The number of sulfone groups is 1. The van der Waals surface area contributed by atoms with E-state index in [0.29, 0.717) is 12.0 Å². The van der Waals surface area contributed by atoms with Crippen LogP contribution in [0.4, 0.5) is 5.69 Å². The Balaban J connectivity index is 2.24. The molecule has 3 N–H and O–H groups in total. The minimum atomic E-state index is -2.99. The minimum Gasteiger partial charge on any atom is -0.384 e. The van der Waals surface area contributed by atoms with E-state index >= 15 is 0 Å². The molecule has 1 saturated carbocycles. The summed E-state index contributed by atoms with van der Waals surface area (Å²) in [6, 6.07) is 7.69. The van der Waals surface area contributed by atoms with Crippen LogP contribution in [0.25, 0.3) is 0 Å². The van der Waals surface area contributed by atoms with Crippen LogP contribution in [0.1, 0.15) is 31.2 Å². The summed E-state index contributed by atoms with van der Waals surface area (Å²) >= 11 is 0. The number of amidine groups is 1. The average Bonchev–Trinajstić information content (AvgIpc) is 2.45. The normalized spacial score (nSPS) is 22.8. The predicted molar refractivity (Wildman–Crippen MR) is 86.7 cm³/mol. The van der Waals surface area contributed by atoms with Crippen molar-refractivity contribution < 1.29 is 8.42 Å². The van der Waals surface area contributed by atoms with Gasteiger partial charge in [0.05, 0.1) is 5.25 Å². The van der Waals surface area contributed by atoms with Crippen LogP contribution in [0, 0.1) is 5.41 Å². The van der Waals surface area contributed by atoms with Crippen LogP contribution in [0.3, 0.4) is 0 Å². The SMILES string of the molecule is CN(c1ccccc1C(=N)N)C1CCCC(S(C)(=O)=O)C1. The fourth-order valence-corrected chi connectivity index (χ4v) is 4.23. The van der Waals surface area contributed by atoms with Crippen LogP contribution in [0.15, 0.2) is 24.3 Å².